The molecule has 0 aliphatic heterocycles. The van der Waals surface area contributed by atoms with Gasteiger partial charge >= 0.3 is 0 Å². The van der Waals surface area contributed by atoms with Crippen molar-refractivity contribution in [1.82, 2.24) is 9.19 Å². The maximum atomic E-state index is 12.7. The molecular weight excluding hydrogens is 300 g/mol. The predicted octanol–water partition coefficient (Wildman–Crippen LogP) is 3.42. The van der Waals surface area contributed by atoms with Crippen molar-refractivity contribution in [3.8, 4) is 5.75 Å². The lowest BCUT2D eigenvalue weighted by Gasteiger charge is -2.15. The van der Waals surface area contributed by atoms with Gasteiger partial charge in [0.25, 0.3) is 10.0 Å². The van der Waals surface area contributed by atoms with E-state index in [4.69, 9.17) is 4.74 Å². The van der Waals surface area contributed by atoms with Crippen LogP contribution in [0.4, 0.5) is 0 Å². The second-order valence-electron chi connectivity index (χ2n) is 5.45. The average Bonchev–Trinajstić information content (AvgIpc) is 3.02. The first-order chi connectivity index (χ1) is 10.5. The molecule has 6 heteroatoms. The lowest BCUT2D eigenvalue weighted by atomic mass is 10.0. The van der Waals surface area contributed by atoms with Crippen LogP contribution in [-0.2, 0) is 10.0 Å². The smallest absolute Gasteiger partial charge is 0.286 e. The Labute approximate surface area is 132 Å². The zero-order chi connectivity index (χ0) is 16.2. The third-order valence-electron chi connectivity index (χ3n) is 3.39. The standard InChI is InChI=1S/C16H22N2O3S/c1-4-5-11-21-15-8-7-14(13(2)3)12-16(15)22(19,20)18-10-6-9-17-18/h6-10,12-13H,4-5,11H2,1-3H3. The molecule has 0 unspecified atom stereocenters. The fourth-order valence-electron chi connectivity index (χ4n) is 2.03. The van der Waals surface area contributed by atoms with Crippen LogP contribution >= 0.6 is 0 Å². The molecule has 120 valence electrons. The molecule has 2 aromatic rings. The number of rotatable bonds is 7. The van der Waals surface area contributed by atoms with Gasteiger partial charge in [0.1, 0.15) is 10.6 Å². The van der Waals surface area contributed by atoms with Gasteiger partial charge in [0, 0.05) is 6.20 Å². The summed E-state index contributed by atoms with van der Waals surface area (Å²) in [7, 11) is -3.74. The van der Waals surface area contributed by atoms with Crippen molar-refractivity contribution in [2.75, 3.05) is 6.61 Å². The summed E-state index contributed by atoms with van der Waals surface area (Å²) >= 11 is 0. The Kier molecular flexibility index (Phi) is 5.24. The van der Waals surface area contributed by atoms with E-state index >= 15 is 0 Å². The number of benzene rings is 1. The summed E-state index contributed by atoms with van der Waals surface area (Å²) in [5, 5.41) is 3.85. The fourth-order valence-corrected chi connectivity index (χ4v) is 3.31. The Morgan fingerprint density at radius 1 is 1.32 bits per heavy atom. The normalized spacial score (nSPS) is 11.8. The number of hydrogen-bond donors (Lipinski definition) is 0. The van der Waals surface area contributed by atoms with Crippen LogP contribution in [0.15, 0.2) is 41.6 Å². The maximum absolute atomic E-state index is 12.7. The molecule has 0 spiro atoms. The largest absolute Gasteiger partial charge is 0.492 e. The zero-order valence-corrected chi connectivity index (χ0v) is 14.0. The van der Waals surface area contributed by atoms with Crippen LogP contribution in [0.1, 0.15) is 45.1 Å². The van der Waals surface area contributed by atoms with E-state index in [0.29, 0.717) is 12.4 Å². The van der Waals surface area contributed by atoms with E-state index in [1.54, 1.807) is 18.2 Å². The van der Waals surface area contributed by atoms with E-state index in [1.165, 1.54) is 12.4 Å². The van der Waals surface area contributed by atoms with Crippen LogP contribution in [0.25, 0.3) is 0 Å². The van der Waals surface area contributed by atoms with Gasteiger partial charge in [0.05, 0.1) is 12.8 Å². The highest BCUT2D eigenvalue weighted by Crippen LogP contribution is 2.29. The Morgan fingerprint density at radius 3 is 2.68 bits per heavy atom. The monoisotopic (exact) mass is 322 g/mol. The molecule has 1 aromatic heterocycles. The summed E-state index contributed by atoms with van der Waals surface area (Å²) in [5.74, 6) is 0.615. The number of nitrogens with zero attached hydrogens (tertiary/aromatic N) is 2. The SMILES string of the molecule is CCCCOc1ccc(C(C)C)cc1S(=O)(=O)n1cccn1. The summed E-state index contributed by atoms with van der Waals surface area (Å²) in [4.78, 5) is 0.165. The molecule has 0 amide bonds. The quantitative estimate of drug-likeness (QED) is 0.733. The first-order valence-corrected chi connectivity index (χ1v) is 8.92. The van der Waals surface area contributed by atoms with Crippen molar-refractivity contribution in [1.29, 1.82) is 0 Å². The second-order valence-corrected chi connectivity index (χ2v) is 7.21. The number of aromatic nitrogens is 2. The van der Waals surface area contributed by atoms with E-state index in [2.05, 4.69) is 12.0 Å². The van der Waals surface area contributed by atoms with Gasteiger partial charge in [-0.15, -0.1) is 0 Å². The van der Waals surface area contributed by atoms with Crippen molar-refractivity contribution >= 4 is 10.0 Å². The number of hydrogen-bond acceptors (Lipinski definition) is 4. The molecule has 0 aliphatic rings. The Hall–Kier alpha value is -1.82. The molecule has 0 saturated heterocycles. The highest BCUT2D eigenvalue weighted by atomic mass is 32.2. The predicted molar refractivity (Wildman–Crippen MR) is 85.7 cm³/mol. The summed E-state index contributed by atoms with van der Waals surface area (Å²) in [6.07, 6.45) is 4.74. The van der Waals surface area contributed by atoms with Gasteiger partial charge in [-0.3, -0.25) is 0 Å². The van der Waals surface area contributed by atoms with Crippen LogP contribution < -0.4 is 4.74 Å². The molecule has 0 atom stereocenters. The molecule has 2 rings (SSSR count). The first kappa shape index (κ1) is 16.5. The number of unbranched alkanes of at least 4 members (excludes halogenated alkanes) is 1. The highest BCUT2D eigenvalue weighted by molar-refractivity contribution is 7.90. The molecule has 0 aliphatic carbocycles. The first-order valence-electron chi connectivity index (χ1n) is 7.48. The van der Waals surface area contributed by atoms with Gasteiger partial charge in [-0.25, -0.2) is 0 Å². The third-order valence-corrected chi connectivity index (χ3v) is 4.98. The van der Waals surface area contributed by atoms with Crippen LogP contribution in [0, 0.1) is 0 Å². The van der Waals surface area contributed by atoms with Gasteiger partial charge in [0.15, 0.2) is 0 Å². The lowest BCUT2D eigenvalue weighted by molar-refractivity contribution is 0.301. The summed E-state index contributed by atoms with van der Waals surface area (Å²) in [5.41, 5.74) is 0.952. The van der Waals surface area contributed by atoms with Crippen molar-refractivity contribution in [2.24, 2.45) is 0 Å². The van der Waals surface area contributed by atoms with Crippen molar-refractivity contribution in [3.05, 3.63) is 42.2 Å². The van der Waals surface area contributed by atoms with Gasteiger partial charge in [-0.1, -0.05) is 33.3 Å². The van der Waals surface area contributed by atoms with E-state index in [0.717, 1.165) is 22.5 Å². The zero-order valence-electron chi connectivity index (χ0n) is 13.2. The maximum Gasteiger partial charge on any atom is 0.286 e. The topological polar surface area (TPSA) is 61.2 Å². The minimum atomic E-state index is -3.74. The lowest BCUT2D eigenvalue weighted by Crippen LogP contribution is -2.15. The van der Waals surface area contributed by atoms with E-state index in [-0.39, 0.29) is 10.8 Å². The van der Waals surface area contributed by atoms with Gasteiger partial charge in [-0.2, -0.15) is 17.6 Å². The van der Waals surface area contributed by atoms with Gasteiger partial charge < -0.3 is 4.74 Å². The van der Waals surface area contributed by atoms with Crippen LogP contribution in [0.2, 0.25) is 0 Å². The second kappa shape index (κ2) is 6.96. The average molecular weight is 322 g/mol. The van der Waals surface area contributed by atoms with Crippen LogP contribution in [-0.4, -0.2) is 24.2 Å². The molecule has 1 heterocycles. The molecular formula is C16H22N2O3S. The Morgan fingerprint density at radius 2 is 2.09 bits per heavy atom. The third kappa shape index (κ3) is 3.50. The van der Waals surface area contributed by atoms with Crippen molar-refractivity contribution < 1.29 is 13.2 Å². The molecule has 0 N–H and O–H groups in total. The van der Waals surface area contributed by atoms with Gasteiger partial charge in [-0.05, 0) is 36.1 Å². The summed E-state index contributed by atoms with van der Waals surface area (Å²) in [6.45, 7) is 6.61. The minimum Gasteiger partial charge on any atom is -0.492 e. The molecule has 0 saturated carbocycles. The van der Waals surface area contributed by atoms with Crippen molar-refractivity contribution in [2.45, 2.75) is 44.4 Å². The molecule has 5 nitrogen and oxygen atoms in total. The number of ether oxygens (including phenoxy) is 1. The summed E-state index contributed by atoms with van der Waals surface area (Å²) < 4.78 is 32.1. The van der Waals surface area contributed by atoms with Crippen LogP contribution in [0.3, 0.4) is 0 Å². The van der Waals surface area contributed by atoms with Gasteiger partial charge in [0.2, 0.25) is 0 Å². The Bertz CT molecular complexity index is 707. The Balaban J connectivity index is 2.47. The van der Waals surface area contributed by atoms with E-state index in [9.17, 15) is 8.42 Å². The summed E-state index contributed by atoms with van der Waals surface area (Å²) in [6, 6.07) is 6.92. The highest BCUT2D eigenvalue weighted by Gasteiger charge is 2.23. The van der Waals surface area contributed by atoms with E-state index in [1.807, 2.05) is 19.9 Å². The minimum absolute atomic E-state index is 0.165. The molecule has 22 heavy (non-hydrogen) atoms. The molecule has 0 radical (unpaired) electrons. The molecule has 0 bridgehead atoms. The van der Waals surface area contributed by atoms with E-state index < -0.39 is 10.0 Å². The fraction of sp³-hybridized carbons (Fsp3) is 0.438. The van der Waals surface area contributed by atoms with Crippen molar-refractivity contribution in [3.63, 3.8) is 0 Å². The van der Waals surface area contributed by atoms with Crippen LogP contribution in [0.5, 0.6) is 5.75 Å². The molecule has 0 fully saturated rings. The molecule has 1 aromatic carbocycles.